The van der Waals surface area contributed by atoms with Gasteiger partial charge in [-0.15, -0.1) is 0 Å². The summed E-state index contributed by atoms with van der Waals surface area (Å²) >= 11 is 0. The van der Waals surface area contributed by atoms with Crippen molar-refractivity contribution < 1.29 is 4.79 Å². The normalized spacial score (nSPS) is 20.0. The van der Waals surface area contributed by atoms with Gasteiger partial charge in [0, 0.05) is 12.0 Å². The van der Waals surface area contributed by atoms with Crippen LogP contribution >= 0.6 is 0 Å². The van der Waals surface area contributed by atoms with Gasteiger partial charge < -0.3 is 5.32 Å². The standard InChI is InChI=1S/C12H23NO/c1-5-12(7-6-8-12)13-10(14)9-11(2,3)4/h5-9H2,1-4H3,(H,13,14). The van der Waals surface area contributed by atoms with Crippen LogP contribution in [0.3, 0.4) is 0 Å². The second-order valence-electron chi connectivity index (χ2n) is 5.77. The van der Waals surface area contributed by atoms with Crippen LogP contribution < -0.4 is 5.32 Å². The fourth-order valence-corrected chi connectivity index (χ4v) is 1.99. The predicted molar refractivity (Wildman–Crippen MR) is 59.1 cm³/mol. The van der Waals surface area contributed by atoms with Gasteiger partial charge in [0.25, 0.3) is 0 Å². The largest absolute Gasteiger partial charge is 0.351 e. The van der Waals surface area contributed by atoms with E-state index in [4.69, 9.17) is 0 Å². The number of hydrogen-bond donors (Lipinski definition) is 1. The summed E-state index contributed by atoms with van der Waals surface area (Å²) in [5.74, 6) is 0.221. The molecule has 2 heteroatoms. The Morgan fingerprint density at radius 1 is 1.36 bits per heavy atom. The quantitative estimate of drug-likeness (QED) is 0.740. The fourth-order valence-electron chi connectivity index (χ4n) is 1.99. The van der Waals surface area contributed by atoms with Crippen molar-refractivity contribution in [2.45, 2.75) is 65.3 Å². The molecule has 0 aliphatic heterocycles. The minimum Gasteiger partial charge on any atom is -0.351 e. The van der Waals surface area contributed by atoms with Crippen molar-refractivity contribution in [1.82, 2.24) is 5.32 Å². The highest BCUT2D eigenvalue weighted by atomic mass is 16.1. The van der Waals surface area contributed by atoms with E-state index in [1.54, 1.807) is 0 Å². The molecule has 0 heterocycles. The molecule has 82 valence electrons. The second-order valence-corrected chi connectivity index (χ2v) is 5.77. The van der Waals surface area contributed by atoms with E-state index in [2.05, 4.69) is 33.0 Å². The molecule has 0 unspecified atom stereocenters. The molecule has 1 aliphatic rings. The summed E-state index contributed by atoms with van der Waals surface area (Å²) in [5.41, 5.74) is 0.255. The van der Waals surface area contributed by atoms with Crippen LogP contribution in [-0.4, -0.2) is 11.4 Å². The Hall–Kier alpha value is -0.530. The van der Waals surface area contributed by atoms with E-state index in [9.17, 15) is 4.79 Å². The molecule has 0 atom stereocenters. The molecule has 0 aromatic heterocycles. The zero-order chi connectivity index (χ0) is 10.8. The Labute approximate surface area is 87.5 Å². The Morgan fingerprint density at radius 3 is 2.21 bits per heavy atom. The average Bonchev–Trinajstić information content (AvgIpc) is 1.93. The molecule has 1 aliphatic carbocycles. The van der Waals surface area contributed by atoms with Crippen molar-refractivity contribution in [2.75, 3.05) is 0 Å². The molecule has 1 fully saturated rings. The third kappa shape index (κ3) is 3.00. The first-order valence-corrected chi connectivity index (χ1v) is 5.68. The molecule has 0 aromatic carbocycles. The van der Waals surface area contributed by atoms with Gasteiger partial charge in [-0.2, -0.15) is 0 Å². The van der Waals surface area contributed by atoms with Crippen molar-refractivity contribution >= 4 is 5.91 Å². The van der Waals surface area contributed by atoms with Gasteiger partial charge in [-0.3, -0.25) is 4.79 Å². The summed E-state index contributed by atoms with van der Waals surface area (Å²) in [6.07, 6.45) is 5.31. The lowest BCUT2D eigenvalue weighted by Gasteiger charge is -2.42. The molecule has 1 N–H and O–H groups in total. The van der Waals surface area contributed by atoms with E-state index in [0.29, 0.717) is 6.42 Å². The van der Waals surface area contributed by atoms with Crippen molar-refractivity contribution in [3.63, 3.8) is 0 Å². The number of amides is 1. The molecule has 0 bridgehead atoms. The molecule has 1 amide bonds. The Balaban J connectivity index is 2.40. The van der Waals surface area contributed by atoms with Crippen molar-refractivity contribution in [2.24, 2.45) is 5.41 Å². The summed E-state index contributed by atoms with van der Waals surface area (Å²) in [4.78, 5) is 11.7. The van der Waals surface area contributed by atoms with Crippen molar-refractivity contribution in [3.05, 3.63) is 0 Å². The lowest BCUT2D eigenvalue weighted by molar-refractivity contribution is -0.126. The maximum absolute atomic E-state index is 11.7. The predicted octanol–water partition coefficient (Wildman–Crippen LogP) is 2.87. The van der Waals surface area contributed by atoms with Crippen LogP contribution in [0.15, 0.2) is 0 Å². The highest BCUT2D eigenvalue weighted by molar-refractivity contribution is 5.77. The van der Waals surface area contributed by atoms with Crippen LogP contribution in [0, 0.1) is 5.41 Å². The second kappa shape index (κ2) is 3.92. The van der Waals surface area contributed by atoms with Gasteiger partial charge in [-0.25, -0.2) is 0 Å². The highest BCUT2D eigenvalue weighted by Crippen LogP contribution is 2.35. The van der Waals surface area contributed by atoms with Crippen LogP contribution in [0.4, 0.5) is 0 Å². The number of carbonyl (C=O) groups excluding carboxylic acids is 1. The summed E-state index contributed by atoms with van der Waals surface area (Å²) < 4.78 is 0. The summed E-state index contributed by atoms with van der Waals surface area (Å²) in [6.45, 7) is 8.47. The maximum Gasteiger partial charge on any atom is 0.220 e. The molecule has 0 spiro atoms. The van der Waals surface area contributed by atoms with Crippen LogP contribution in [0.1, 0.15) is 59.8 Å². The number of rotatable bonds is 3. The summed E-state index contributed by atoms with van der Waals surface area (Å²) in [6, 6.07) is 0. The highest BCUT2D eigenvalue weighted by Gasteiger charge is 2.36. The molecule has 2 nitrogen and oxygen atoms in total. The van der Waals surface area contributed by atoms with Crippen LogP contribution in [-0.2, 0) is 4.79 Å². The number of carbonyl (C=O) groups is 1. The summed E-state index contributed by atoms with van der Waals surface area (Å²) in [5, 5.41) is 3.20. The molecular formula is C12H23NO. The van der Waals surface area contributed by atoms with Crippen LogP contribution in [0.2, 0.25) is 0 Å². The van der Waals surface area contributed by atoms with Gasteiger partial charge in [0.2, 0.25) is 5.91 Å². The average molecular weight is 197 g/mol. The Kier molecular flexibility index (Phi) is 3.23. The van der Waals surface area contributed by atoms with Gasteiger partial charge >= 0.3 is 0 Å². The fraction of sp³-hybridized carbons (Fsp3) is 0.917. The van der Waals surface area contributed by atoms with Crippen LogP contribution in [0.5, 0.6) is 0 Å². The Bertz CT molecular complexity index is 205. The maximum atomic E-state index is 11.7. The monoisotopic (exact) mass is 197 g/mol. The molecule has 1 saturated carbocycles. The number of hydrogen-bond acceptors (Lipinski definition) is 1. The molecular weight excluding hydrogens is 174 g/mol. The molecule has 0 aromatic rings. The summed E-state index contributed by atoms with van der Waals surface area (Å²) in [7, 11) is 0. The third-order valence-corrected chi connectivity index (χ3v) is 3.08. The van der Waals surface area contributed by atoms with Crippen LogP contribution in [0.25, 0.3) is 0 Å². The zero-order valence-electron chi connectivity index (χ0n) is 9.94. The third-order valence-electron chi connectivity index (χ3n) is 3.08. The Morgan fingerprint density at radius 2 is 1.93 bits per heavy atom. The molecule has 0 radical (unpaired) electrons. The SMILES string of the molecule is CCC1(NC(=O)CC(C)(C)C)CCC1. The molecule has 0 saturated heterocycles. The van der Waals surface area contributed by atoms with E-state index in [0.717, 1.165) is 6.42 Å². The molecule has 1 rings (SSSR count). The molecule has 14 heavy (non-hydrogen) atoms. The van der Waals surface area contributed by atoms with Gasteiger partial charge in [0.15, 0.2) is 0 Å². The van der Waals surface area contributed by atoms with Gasteiger partial charge in [-0.1, -0.05) is 27.7 Å². The first-order valence-electron chi connectivity index (χ1n) is 5.68. The first-order chi connectivity index (χ1) is 6.37. The van der Waals surface area contributed by atoms with Gasteiger partial charge in [0.05, 0.1) is 0 Å². The van der Waals surface area contributed by atoms with E-state index in [-0.39, 0.29) is 16.9 Å². The minimum atomic E-state index is 0.1000. The number of nitrogens with one attached hydrogen (secondary N) is 1. The smallest absolute Gasteiger partial charge is 0.220 e. The lowest BCUT2D eigenvalue weighted by Crippen LogP contribution is -2.53. The van der Waals surface area contributed by atoms with E-state index < -0.39 is 0 Å². The van der Waals surface area contributed by atoms with E-state index >= 15 is 0 Å². The zero-order valence-corrected chi connectivity index (χ0v) is 9.94. The van der Waals surface area contributed by atoms with Gasteiger partial charge in [-0.05, 0) is 31.1 Å². The van der Waals surface area contributed by atoms with E-state index in [1.807, 2.05) is 0 Å². The topological polar surface area (TPSA) is 29.1 Å². The van der Waals surface area contributed by atoms with Crippen molar-refractivity contribution in [3.8, 4) is 0 Å². The first kappa shape index (κ1) is 11.5. The van der Waals surface area contributed by atoms with E-state index in [1.165, 1.54) is 19.3 Å². The van der Waals surface area contributed by atoms with Crippen molar-refractivity contribution in [1.29, 1.82) is 0 Å². The van der Waals surface area contributed by atoms with Gasteiger partial charge in [0.1, 0.15) is 0 Å². The minimum absolute atomic E-state index is 0.1000. The lowest BCUT2D eigenvalue weighted by atomic mass is 9.74.